The van der Waals surface area contributed by atoms with Crippen molar-refractivity contribution in [1.29, 1.82) is 0 Å². The van der Waals surface area contributed by atoms with Crippen molar-refractivity contribution < 1.29 is 13.9 Å². The summed E-state index contributed by atoms with van der Waals surface area (Å²) in [6.07, 6.45) is 1.05. The Bertz CT molecular complexity index is 464. The van der Waals surface area contributed by atoms with E-state index >= 15 is 0 Å². The van der Waals surface area contributed by atoms with Gasteiger partial charge < -0.3 is 15.0 Å². The topological polar surface area (TPSA) is 41.6 Å². The summed E-state index contributed by atoms with van der Waals surface area (Å²) >= 11 is 0. The molecule has 1 unspecified atom stereocenters. The third-order valence-electron chi connectivity index (χ3n) is 3.25. The average Bonchev–Trinajstić information content (AvgIpc) is 2.43. The molecule has 0 heterocycles. The Morgan fingerprint density at radius 2 is 2.14 bits per heavy atom. The van der Waals surface area contributed by atoms with Gasteiger partial charge in [0.15, 0.2) is 0 Å². The summed E-state index contributed by atoms with van der Waals surface area (Å²) in [6.45, 7) is 5.11. The second-order valence-corrected chi connectivity index (χ2v) is 5.20. The number of carbonyl (C=O) groups excluding carboxylic acids is 1. The van der Waals surface area contributed by atoms with Gasteiger partial charge in [0.25, 0.3) is 0 Å². The van der Waals surface area contributed by atoms with E-state index in [1.807, 2.05) is 13.8 Å². The molecule has 0 saturated carbocycles. The van der Waals surface area contributed by atoms with Gasteiger partial charge in [-0.1, -0.05) is 13.0 Å². The first-order valence-corrected chi connectivity index (χ1v) is 7.31. The quantitative estimate of drug-likeness (QED) is 0.750. The number of benzene rings is 1. The fourth-order valence-electron chi connectivity index (χ4n) is 2.00. The summed E-state index contributed by atoms with van der Waals surface area (Å²) in [5.41, 5.74) is 0.631. The number of ether oxygens (including phenoxy) is 1. The van der Waals surface area contributed by atoms with Crippen LogP contribution in [-0.2, 0) is 4.79 Å². The number of hydrogen-bond acceptors (Lipinski definition) is 3. The molecule has 0 saturated heterocycles. The highest BCUT2D eigenvalue weighted by atomic mass is 19.1. The maximum atomic E-state index is 14.0. The van der Waals surface area contributed by atoms with Crippen LogP contribution in [0.5, 0.6) is 5.75 Å². The van der Waals surface area contributed by atoms with Gasteiger partial charge in [-0.2, -0.15) is 0 Å². The van der Waals surface area contributed by atoms with Crippen LogP contribution in [0.25, 0.3) is 0 Å². The monoisotopic (exact) mass is 296 g/mol. The Balaban J connectivity index is 2.47. The highest BCUT2D eigenvalue weighted by Crippen LogP contribution is 2.22. The number of halogens is 1. The van der Waals surface area contributed by atoms with Gasteiger partial charge in [0, 0.05) is 38.2 Å². The van der Waals surface area contributed by atoms with Crippen LogP contribution in [-0.4, -0.2) is 38.1 Å². The number of nitrogens with zero attached hydrogens (tertiary/aromatic N) is 1. The van der Waals surface area contributed by atoms with Crippen LogP contribution < -0.4 is 10.1 Å². The summed E-state index contributed by atoms with van der Waals surface area (Å²) in [5.74, 6) is 0.294. The Kier molecular flexibility index (Phi) is 7.15. The molecule has 0 bridgehead atoms. The number of nitrogens with one attached hydrogen (secondary N) is 1. The first kappa shape index (κ1) is 17.4. The molecular formula is C16H25FN2O2. The molecule has 0 aliphatic heterocycles. The lowest BCUT2D eigenvalue weighted by molar-refractivity contribution is -0.128. The van der Waals surface area contributed by atoms with Gasteiger partial charge in [-0.3, -0.25) is 4.79 Å². The fourth-order valence-corrected chi connectivity index (χ4v) is 2.00. The van der Waals surface area contributed by atoms with Gasteiger partial charge in [0.2, 0.25) is 5.91 Å². The van der Waals surface area contributed by atoms with Crippen molar-refractivity contribution >= 4 is 5.91 Å². The van der Waals surface area contributed by atoms with Gasteiger partial charge in [0.05, 0.1) is 6.61 Å². The van der Waals surface area contributed by atoms with E-state index in [1.54, 1.807) is 31.1 Å². The third kappa shape index (κ3) is 5.71. The van der Waals surface area contributed by atoms with Crippen LogP contribution in [0.4, 0.5) is 4.39 Å². The molecule has 1 aromatic rings. The largest absolute Gasteiger partial charge is 0.493 e. The molecule has 1 amide bonds. The van der Waals surface area contributed by atoms with Gasteiger partial charge in [0.1, 0.15) is 11.6 Å². The Morgan fingerprint density at radius 3 is 2.71 bits per heavy atom. The highest BCUT2D eigenvalue weighted by Gasteiger charge is 2.11. The van der Waals surface area contributed by atoms with Crippen molar-refractivity contribution in [2.75, 3.05) is 27.2 Å². The molecule has 0 aliphatic carbocycles. The zero-order valence-electron chi connectivity index (χ0n) is 13.3. The van der Waals surface area contributed by atoms with Crippen molar-refractivity contribution in [2.24, 2.45) is 0 Å². The normalized spacial score (nSPS) is 12.0. The maximum Gasteiger partial charge on any atom is 0.222 e. The van der Waals surface area contributed by atoms with Crippen LogP contribution >= 0.6 is 0 Å². The average molecular weight is 296 g/mol. The Morgan fingerprint density at radius 1 is 1.43 bits per heavy atom. The molecule has 1 atom stereocenters. The molecule has 5 heteroatoms. The molecule has 1 N–H and O–H groups in total. The summed E-state index contributed by atoms with van der Waals surface area (Å²) in [7, 11) is 3.45. The second kappa shape index (κ2) is 8.62. The molecule has 0 aliphatic rings. The lowest BCUT2D eigenvalue weighted by Crippen LogP contribution is -2.21. The molecular weight excluding hydrogens is 271 g/mol. The molecule has 21 heavy (non-hydrogen) atoms. The smallest absolute Gasteiger partial charge is 0.222 e. The minimum Gasteiger partial charge on any atom is -0.493 e. The van der Waals surface area contributed by atoms with E-state index in [0.717, 1.165) is 6.54 Å². The van der Waals surface area contributed by atoms with Crippen molar-refractivity contribution in [3.63, 3.8) is 0 Å². The predicted molar refractivity (Wildman–Crippen MR) is 81.9 cm³/mol. The van der Waals surface area contributed by atoms with E-state index < -0.39 is 0 Å². The minimum absolute atomic E-state index is 0.0261. The Hall–Kier alpha value is -1.62. The summed E-state index contributed by atoms with van der Waals surface area (Å²) < 4.78 is 19.5. The SMILES string of the molecule is CCNC(C)c1ccc(OCCCC(=O)N(C)C)cc1F. The maximum absolute atomic E-state index is 14.0. The van der Waals surface area contributed by atoms with E-state index in [1.165, 1.54) is 6.07 Å². The van der Waals surface area contributed by atoms with Gasteiger partial charge >= 0.3 is 0 Å². The molecule has 1 aromatic carbocycles. The number of carbonyl (C=O) groups is 1. The van der Waals surface area contributed by atoms with Gasteiger partial charge in [-0.05, 0) is 26.0 Å². The van der Waals surface area contributed by atoms with E-state index in [-0.39, 0.29) is 17.8 Å². The first-order chi connectivity index (χ1) is 9.95. The predicted octanol–water partition coefficient (Wildman–Crippen LogP) is 2.74. The molecule has 0 aromatic heterocycles. The molecule has 0 radical (unpaired) electrons. The van der Waals surface area contributed by atoms with E-state index in [9.17, 15) is 9.18 Å². The van der Waals surface area contributed by atoms with Crippen molar-refractivity contribution in [2.45, 2.75) is 32.7 Å². The van der Waals surface area contributed by atoms with Crippen LogP contribution in [0, 0.1) is 5.82 Å². The van der Waals surface area contributed by atoms with E-state index in [4.69, 9.17) is 4.74 Å². The van der Waals surface area contributed by atoms with E-state index in [0.29, 0.717) is 30.8 Å². The van der Waals surface area contributed by atoms with Crippen molar-refractivity contribution in [1.82, 2.24) is 10.2 Å². The summed E-state index contributed by atoms with van der Waals surface area (Å²) in [6, 6.07) is 4.88. The summed E-state index contributed by atoms with van der Waals surface area (Å²) in [5, 5.41) is 3.17. The standard InChI is InChI=1S/C16H25FN2O2/c1-5-18-12(2)14-9-8-13(11-15(14)17)21-10-6-7-16(20)19(3)4/h8-9,11-12,18H,5-7,10H2,1-4H3. The lowest BCUT2D eigenvalue weighted by atomic mass is 10.1. The zero-order valence-corrected chi connectivity index (χ0v) is 13.3. The molecule has 118 valence electrons. The van der Waals surface area contributed by atoms with Crippen LogP contribution in [0.3, 0.4) is 0 Å². The molecule has 0 spiro atoms. The van der Waals surface area contributed by atoms with Crippen molar-refractivity contribution in [3.05, 3.63) is 29.6 Å². The van der Waals surface area contributed by atoms with Crippen LogP contribution in [0.15, 0.2) is 18.2 Å². The second-order valence-electron chi connectivity index (χ2n) is 5.20. The van der Waals surface area contributed by atoms with E-state index in [2.05, 4.69) is 5.32 Å². The molecule has 1 rings (SSSR count). The number of amides is 1. The minimum atomic E-state index is -0.273. The highest BCUT2D eigenvalue weighted by molar-refractivity contribution is 5.75. The van der Waals surface area contributed by atoms with Crippen molar-refractivity contribution in [3.8, 4) is 5.75 Å². The fraction of sp³-hybridized carbons (Fsp3) is 0.562. The number of hydrogen-bond donors (Lipinski definition) is 1. The van der Waals surface area contributed by atoms with Crippen LogP contribution in [0.2, 0.25) is 0 Å². The molecule has 0 fully saturated rings. The Labute approximate surface area is 126 Å². The summed E-state index contributed by atoms with van der Waals surface area (Å²) in [4.78, 5) is 12.9. The zero-order chi connectivity index (χ0) is 15.8. The first-order valence-electron chi connectivity index (χ1n) is 7.31. The van der Waals surface area contributed by atoms with Crippen LogP contribution in [0.1, 0.15) is 38.3 Å². The lowest BCUT2D eigenvalue weighted by Gasteiger charge is -2.15. The third-order valence-corrected chi connectivity index (χ3v) is 3.25. The molecule has 4 nitrogen and oxygen atoms in total. The number of rotatable bonds is 8. The van der Waals surface area contributed by atoms with Gasteiger partial charge in [-0.15, -0.1) is 0 Å². The van der Waals surface area contributed by atoms with Gasteiger partial charge in [-0.25, -0.2) is 4.39 Å².